The zero-order valence-electron chi connectivity index (χ0n) is 11.6. The second-order valence-corrected chi connectivity index (χ2v) is 5.44. The molecule has 1 aromatic carbocycles. The first-order valence-electron chi connectivity index (χ1n) is 6.89. The number of ether oxygens (including phenoxy) is 1. The molecule has 0 aliphatic carbocycles. The molecule has 1 aliphatic rings. The molecule has 3 N–H and O–H groups in total. The summed E-state index contributed by atoms with van der Waals surface area (Å²) in [4.78, 5) is 2.26. The lowest BCUT2D eigenvalue weighted by molar-refractivity contribution is 0.0302. The molecule has 0 radical (unpaired) electrons. The molecule has 0 aromatic heterocycles. The molecule has 0 saturated carbocycles. The van der Waals surface area contributed by atoms with Gasteiger partial charge in [-0.05, 0) is 25.5 Å². The van der Waals surface area contributed by atoms with E-state index in [-0.39, 0.29) is 6.61 Å². The molecule has 19 heavy (non-hydrogen) atoms. The summed E-state index contributed by atoms with van der Waals surface area (Å²) in [5.41, 5.74) is 6.69. The molecule has 1 fully saturated rings. The highest BCUT2D eigenvalue weighted by molar-refractivity contribution is 5.24. The molecular formula is C15H24N2O2. The summed E-state index contributed by atoms with van der Waals surface area (Å²) < 4.78 is 5.38. The average Bonchev–Trinajstić information content (AvgIpc) is 2.49. The van der Waals surface area contributed by atoms with E-state index in [1.807, 2.05) is 30.3 Å². The minimum atomic E-state index is -0.700. The Morgan fingerprint density at radius 1 is 1.32 bits per heavy atom. The van der Waals surface area contributed by atoms with Crippen LogP contribution in [-0.4, -0.2) is 49.5 Å². The van der Waals surface area contributed by atoms with Crippen LogP contribution in [0.1, 0.15) is 18.4 Å². The second kappa shape index (κ2) is 6.48. The Kier molecular flexibility index (Phi) is 4.93. The van der Waals surface area contributed by atoms with Crippen molar-refractivity contribution in [2.75, 3.05) is 33.4 Å². The van der Waals surface area contributed by atoms with E-state index >= 15 is 0 Å². The molecular weight excluding hydrogens is 240 g/mol. The average molecular weight is 264 g/mol. The minimum Gasteiger partial charge on any atom is -0.394 e. The zero-order valence-corrected chi connectivity index (χ0v) is 11.6. The van der Waals surface area contributed by atoms with E-state index in [0.717, 1.165) is 31.6 Å². The summed E-state index contributed by atoms with van der Waals surface area (Å²) in [6.07, 6.45) is 2.07. The molecule has 2 rings (SSSR count). The van der Waals surface area contributed by atoms with Gasteiger partial charge in [-0.3, -0.25) is 0 Å². The van der Waals surface area contributed by atoms with Gasteiger partial charge in [0.2, 0.25) is 0 Å². The van der Waals surface area contributed by atoms with Crippen LogP contribution in [0.3, 0.4) is 0 Å². The van der Waals surface area contributed by atoms with Crippen molar-refractivity contribution in [3.05, 3.63) is 35.9 Å². The van der Waals surface area contributed by atoms with Gasteiger partial charge in [-0.15, -0.1) is 0 Å². The van der Waals surface area contributed by atoms with Crippen LogP contribution in [0.25, 0.3) is 0 Å². The van der Waals surface area contributed by atoms with Gasteiger partial charge >= 0.3 is 0 Å². The van der Waals surface area contributed by atoms with Crippen LogP contribution < -0.4 is 5.73 Å². The van der Waals surface area contributed by atoms with Gasteiger partial charge in [0.05, 0.1) is 12.1 Å². The van der Waals surface area contributed by atoms with Gasteiger partial charge in [-0.2, -0.15) is 0 Å². The van der Waals surface area contributed by atoms with E-state index in [2.05, 4.69) is 11.9 Å². The lowest BCUT2D eigenvalue weighted by atomic mass is 9.90. The van der Waals surface area contributed by atoms with E-state index in [1.165, 1.54) is 0 Å². The maximum atomic E-state index is 9.71. The highest BCUT2D eigenvalue weighted by Gasteiger charge is 2.30. The number of nitrogens with two attached hydrogens (primary N) is 1. The van der Waals surface area contributed by atoms with Gasteiger partial charge in [0, 0.05) is 25.8 Å². The number of aliphatic hydroxyl groups excluding tert-OH is 1. The molecule has 1 aliphatic heterocycles. The van der Waals surface area contributed by atoms with Crippen LogP contribution in [0, 0.1) is 0 Å². The normalized spacial score (nSPS) is 20.4. The van der Waals surface area contributed by atoms with Crippen molar-refractivity contribution in [2.24, 2.45) is 5.73 Å². The quantitative estimate of drug-likeness (QED) is 0.831. The summed E-state index contributed by atoms with van der Waals surface area (Å²) in [7, 11) is 2.08. The summed E-state index contributed by atoms with van der Waals surface area (Å²) in [6.45, 7) is 2.23. The third kappa shape index (κ3) is 3.54. The molecule has 106 valence electrons. The van der Waals surface area contributed by atoms with Crippen molar-refractivity contribution in [3.63, 3.8) is 0 Å². The molecule has 0 spiro atoms. The van der Waals surface area contributed by atoms with E-state index in [4.69, 9.17) is 10.5 Å². The van der Waals surface area contributed by atoms with Gasteiger partial charge in [0.25, 0.3) is 0 Å². The van der Waals surface area contributed by atoms with Crippen LogP contribution in [0.5, 0.6) is 0 Å². The van der Waals surface area contributed by atoms with Gasteiger partial charge in [-0.25, -0.2) is 0 Å². The van der Waals surface area contributed by atoms with Crippen LogP contribution in [0.4, 0.5) is 0 Å². The minimum absolute atomic E-state index is 0.0510. The van der Waals surface area contributed by atoms with E-state index in [0.29, 0.717) is 12.6 Å². The molecule has 1 saturated heterocycles. The van der Waals surface area contributed by atoms with Crippen LogP contribution in [0.2, 0.25) is 0 Å². The van der Waals surface area contributed by atoms with Gasteiger partial charge < -0.3 is 20.5 Å². The molecule has 0 amide bonds. The molecule has 1 aromatic rings. The molecule has 0 bridgehead atoms. The standard InChI is InChI=1S/C15H24N2O2/c1-17(14-7-9-19-10-8-14)11-15(16,12-18)13-5-3-2-4-6-13/h2-6,14,18H,7-12,16H2,1H3. The van der Waals surface area contributed by atoms with Crippen LogP contribution in [-0.2, 0) is 10.3 Å². The summed E-state index contributed by atoms with van der Waals surface area (Å²) in [5, 5.41) is 9.71. The molecule has 1 unspecified atom stereocenters. The highest BCUT2D eigenvalue weighted by atomic mass is 16.5. The Morgan fingerprint density at radius 3 is 2.53 bits per heavy atom. The maximum absolute atomic E-state index is 9.71. The predicted molar refractivity (Wildman–Crippen MR) is 75.9 cm³/mol. The Balaban J connectivity index is 2.05. The summed E-state index contributed by atoms with van der Waals surface area (Å²) in [6, 6.07) is 10.3. The first-order valence-corrected chi connectivity index (χ1v) is 6.89. The van der Waals surface area contributed by atoms with Gasteiger partial charge in [-0.1, -0.05) is 30.3 Å². The third-order valence-electron chi connectivity index (χ3n) is 3.98. The Bertz CT molecular complexity index is 379. The molecule has 1 heterocycles. The zero-order chi connectivity index (χ0) is 13.7. The Labute approximate surface area is 115 Å². The fraction of sp³-hybridized carbons (Fsp3) is 0.600. The van der Waals surface area contributed by atoms with Gasteiger partial charge in [0.15, 0.2) is 0 Å². The predicted octanol–water partition coefficient (Wildman–Crippen LogP) is 0.944. The molecule has 4 nitrogen and oxygen atoms in total. The van der Waals surface area contributed by atoms with Crippen molar-refractivity contribution in [3.8, 4) is 0 Å². The van der Waals surface area contributed by atoms with Crippen molar-refractivity contribution < 1.29 is 9.84 Å². The number of hydrogen-bond donors (Lipinski definition) is 2. The fourth-order valence-electron chi connectivity index (χ4n) is 2.70. The lowest BCUT2D eigenvalue weighted by Crippen LogP contribution is -2.52. The van der Waals surface area contributed by atoms with E-state index in [9.17, 15) is 5.11 Å². The lowest BCUT2D eigenvalue weighted by Gasteiger charge is -2.38. The number of benzene rings is 1. The number of aliphatic hydroxyl groups is 1. The SMILES string of the molecule is CN(CC(N)(CO)c1ccccc1)C1CCOCC1. The smallest absolute Gasteiger partial charge is 0.0772 e. The fourth-order valence-corrected chi connectivity index (χ4v) is 2.70. The van der Waals surface area contributed by atoms with Crippen molar-refractivity contribution in [2.45, 2.75) is 24.4 Å². The molecule has 1 atom stereocenters. The number of rotatable bonds is 5. The topological polar surface area (TPSA) is 58.7 Å². The van der Waals surface area contributed by atoms with E-state index < -0.39 is 5.54 Å². The third-order valence-corrected chi connectivity index (χ3v) is 3.98. The highest BCUT2D eigenvalue weighted by Crippen LogP contribution is 2.22. The summed E-state index contributed by atoms with van der Waals surface area (Å²) >= 11 is 0. The second-order valence-electron chi connectivity index (χ2n) is 5.44. The molecule has 4 heteroatoms. The largest absolute Gasteiger partial charge is 0.394 e. The number of likely N-dealkylation sites (N-methyl/N-ethyl adjacent to an activating group) is 1. The van der Waals surface area contributed by atoms with E-state index in [1.54, 1.807) is 0 Å². The Morgan fingerprint density at radius 2 is 1.95 bits per heavy atom. The first kappa shape index (κ1) is 14.5. The van der Waals surface area contributed by atoms with Crippen molar-refractivity contribution in [1.29, 1.82) is 0 Å². The van der Waals surface area contributed by atoms with Crippen LogP contribution in [0.15, 0.2) is 30.3 Å². The monoisotopic (exact) mass is 264 g/mol. The summed E-state index contributed by atoms with van der Waals surface area (Å²) in [5.74, 6) is 0. The maximum Gasteiger partial charge on any atom is 0.0772 e. The Hall–Kier alpha value is -0.940. The van der Waals surface area contributed by atoms with Crippen molar-refractivity contribution in [1.82, 2.24) is 4.90 Å². The van der Waals surface area contributed by atoms with Crippen molar-refractivity contribution >= 4 is 0 Å². The first-order chi connectivity index (χ1) is 9.15. The van der Waals surface area contributed by atoms with Crippen LogP contribution >= 0.6 is 0 Å². The number of nitrogens with zero attached hydrogens (tertiary/aromatic N) is 1. The number of hydrogen-bond acceptors (Lipinski definition) is 4. The van der Waals surface area contributed by atoms with Gasteiger partial charge in [0.1, 0.15) is 0 Å².